The molecule has 0 rings (SSSR count). The van der Waals surface area contributed by atoms with Crippen molar-refractivity contribution in [2.24, 2.45) is 10.8 Å². The van der Waals surface area contributed by atoms with Crippen LogP contribution in [-0.4, -0.2) is 90.0 Å². The zero-order valence-corrected chi connectivity index (χ0v) is 12.1. The second-order valence-electron chi connectivity index (χ2n) is 4.54. The van der Waals surface area contributed by atoms with Gasteiger partial charge in [-0.25, -0.2) is 0 Å². The van der Waals surface area contributed by atoms with Gasteiger partial charge < -0.3 is 45.3 Å². The van der Waals surface area contributed by atoms with Crippen LogP contribution in [-0.2, 0) is 9.53 Å². The van der Waals surface area contributed by atoms with E-state index in [1.807, 2.05) is 0 Å². The number of ether oxygens (including phenoxy) is 1. The maximum Gasteiger partial charge on any atom is 1.00 e. The molecule has 21 heavy (non-hydrogen) atoms. The van der Waals surface area contributed by atoms with Crippen molar-refractivity contribution in [2.45, 2.75) is 0 Å². The first-order valence-electron chi connectivity index (χ1n) is 5.77. The summed E-state index contributed by atoms with van der Waals surface area (Å²) in [5, 5.41) is 62.4. The molecule has 0 aliphatic rings. The Hall–Kier alpha value is -0.213. The number of aliphatic hydroxyl groups excluding tert-OH is 6. The summed E-state index contributed by atoms with van der Waals surface area (Å²) in [5.41, 5.74) is -2.32. The Bertz CT molecular complexity index is 195. The average Bonchev–Trinajstić information content (AvgIpc) is 2.50. The van der Waals surface area contributed by atoms with E-state index in [0.29, 0.717) is 0 Å². The third kappa shape index (κ3) is 9.41. The van der Waals surface area contributed by atoms with Gasteiger partial charge in [-0.1, -0.05) is 0 Å². The van der Waals surface area contributed by atoms with E-state index < -0.39 is 56.9 Å². The molecule has 0 saturated carbocycles. The summed E-state index contributed by atoms with van der Waals surface area (Å²) in [7, 11) is 0. The van der Waals surface area contributed by atoms with Crippen molar-refractivity contribution in [3.8, 4) is 0 Å². The minimum atomic E-state index is -1.16. The Morgan fingerprint density at radius 2 is 0.952 bits per heavy atom. The zero-order valence-electron chi connectivity index (χ0n) is 12.1. The molecular weight excluding hydrogens is 283 g/mol. The molecule has 0 spiro atoms. The van der Waals surface area contributed by atoms with E-state index in [9.17, 15) is 0 Å². The summed E-state index contributed by atoms with van der Waals surface area (Å²) >= 11 is 0. The van der Waals surface area contributed by atoms with E-state index in [-0.39, 0.29) is 32.1 Å². The maximum atomic E-state index is 9.03. The Morgan fingerprint density at radius 1 is 0.762 bits per heavy atom. The molecule has 0 aromatic heterocycles. The van der Waals surface area contributed by atoms with Gasteiger partial charge >= 0.3 is 18.9 Å². The summed E-state index contributed by atoms with van der Waals surface area (Å²) in [4.78, 5) is 8.25. The molecule has 6 N–H and O–H groups in total. The van der Waals surface area contributed by atoms with Crippen LogP contribution in [0.1, 0.15) is 0 Å². The van der Waals surface area contributed by atoms with E-state index >= 15 is 0 Å². The molecule has 0 amide bonds. The first-order chi connectivity index (χ1) is 9.49. The molecule has 0 radical (unpaired) electrons. The standard InChI is InChI=1S/C10H22O7.CH2O2.Li/c11-1-9(2-12,3-13)7-17-8-10(4-14,5-15)6-16;2-1-3;/h11-16H,1-8H2;1H,(H,2,3);/q;;+1/p-1. The van der Waals surface area contributed by atoms with Crippen LogP contribution in [0.15, 0.2) is 0 Å². The van der Waals surface area contributed by atoms with Crippen LogP contribution in [0.5, 0.6) is 0 Å². The summed E-state index contributed by atoms with van der Waals surface area (Å²) in [5.74, 6) is 0. The molecule has 0 fully saturated rings. The van der Waals surface area contributed by atoms with Gasteiger partial charge in [0.25, 0.3) is 0 Å². The second kappa shape index (κ2) is 14.7. The zero-order chi connectivity index (χ0) is 16.1. The predicted molar refractivity (Wildman–Crippen MR) is 64.3 cm³/mol. The molecule has 0 aromatic rings. The van der Waals surface area contributed by atoms with Crippen LogP contribution in [0.2, 0.25) is 0 Å². The quantitative estimate of drug-likeness (QED) is 0.169. The van der Waals surface area contributed by atoms with E-state index in [1.165, 1.54) is 0 Å². The molecule has 0 heterocycles. The summed E-state index contributed by atoms with van der Waals surface area (Å²) in [6.07, 6.45) is 0. The predicted octanol–water partition coefficient (Wildman–Crippen LogP) is -7.70. The van der Waals surface area contributed by atoms with Crippen LogP contribution >= 0.6 is 0 Å². The monoisotopic (exact) mass is 306 g/mol. The SMILES string of the molecule is O=C[O-].OCC(CO)(CO)COCC(CO)(CO)CO.[Li+]. The minimum Gasteiger partial charge on any atom is -0.554 e. The Morgan fingerprint density at radius 3 is 1.10 bits per heavy atom. The van der Waals surface area contributed by atoms with E-state index in [1.54, 1.807) is 0 Å². The maximum absolute atomic E-state index is 9.03. The molecule has 10 heteroatoms. The second-order valence-corrected chi connectivity index (χ2v) is 4.54. The Balaban J connectivity index is -0.000000740. The van der Waals surface area contributed by atoms with Gasteiger partial charge in [0, 0.05) is 6.47 Å². The number of carbonyl (C=O) groups excluding carboxylic acids is 1. The Kier molecular flexibility index (Phi) is 18.0. The minimum absolute atomic E-state index is 0. The third-order valence-corrected chi connectivity index (χ3v) is 2.83. The van der Waals surface area contributed by atoms with Crippen LogP contribution in [0, 0.1) is 10.8 Å². The average molecular weight is 306 g/mol. The van der Waals surface area contributed by atoms with Crippen molar-refractivity contribution in [2.75, 3.05) is 52.9 Å². The van der Waals surface area contributed by atoms with Crippen molar-refractivity contribution >= 4 is 6.47 Å². The summed E-state index contributed by atoms with van der Waals surface area (Å²) in [6, 6.07) is 0. The van der Waals surface area contributed by atoms with Gasteiger partial charge in [0.2, 0.25) is 0 Å². The molecule has 0 atom stereocenters. The van der Waals surface area contributed by atoms with E-state index in [4.69, 9.17) is 45.3 Å². The molecule has 0 aliphatic carbocycles. The molecule has 0 aliphatic heterocycles. The van der Waals surface area contributed by atoms with Crippen LogP contribution in [0.3, 0.4) is 0 Å². The van der Waals surface area contributed by atoms with E-state index in [2.05, 4.69) is 0 Å². The number of hydrogen-bond donors (Lipinski definition) is 6. The van der Waals surface area contributed by atoms with Gasteiger partial charge in [-0.3, -0.25) is 0 Å². The third-order valence-electron chi connectivity index (χ3n) is 2.83. The molecule has 9 nitrogen and oxygen atoms in total. The Labute approximate surface area is 135 Å². The fraction of sp³-hybridized carbons (Fsp3) is 0.909. The smallest absolute Gasteiger partial charge is 0.554 e. The number of hydrogen-bond acceptors (Lipinski definition) is 9. The van der Waals surface area contributed by atoms with Crippen molar-refractivity contribution < 1.29 is 64.1 Å². The van der Waals surface area contributed by atoms with Gasteiger partial charge in [-0.15, -0.1) is 0 Å². The molecule has 0 saturated heterocycles. The van der Waals surface area contributed by atoms with Crippen LogP contribution < -0.4 is 24.0 Å². The van der Waals surface area contributed by atoms with Gasteiger partial charge in [-0.05, 0) is 0 Å². The van der Waals surface area contributed by atoms with Gasteiger partial charge in [-0.2, -0.15) is 0 Å². The summed E-state index contributed by atoms with van der Waals surface area (Å²) in [6.45, 7) is -3.51. The van der Waals surface area contributed by atoms with Crippen molar-refractivity contribution in [3.05, 3.63) is 0 Å². The topological polar surface area (TPSA) is 171 Å². The van der Waals surface area contributed by atoms with Gasteiger partial charge in [0.1, 0.15) is 0 Å². The van der Waals surface area contributed by atoms with Crippen LogP contribution in [0.25, 0.3) is 0 Å². The number of rotatable bonds is 10. The molecule has 0 aromatic carbocycles. The number of aliphatic hydroxyl groups is 6. The fourth-order valence-electron chi connectivity index (χ4n) is 1.06. The first-order valence-corrected chi connectivity index (χ1v) is 5.77. The van der Waals surface area contributed by atoms with Gasteiger partial charge in [0.05, 0.1) is 63.7 Å². The largest absolute Gasteiger partial charge is 1.00 e. The van der Waals surface area contributed by atoms with E-state index in [0.717, 1.165) is 0 Å². The van der Waals surface area contributed by atoms with Gasteiger partial charge in [0.15, 0.2) is 0 Å². The summed E-state index contributed by atoms with van der Waals surface area (Å²) < 4.78 is 5.15. The van der Waals surface area contributed by atoms with Crippen LogP contribution in [0.4, 0.5) is 0 Å². The number of carboxylic acid groups (broad SMARTS) is 1. The molecule has 122 valence electrons. The molecule has 0 unspecified atom stereocenters. The first kappa shape index (κ1) is 25.7. The van der Waals surface area contributed by atoms with Crippen molar-refractivity contribution in [3.63, 3.8) is 0 Å². The normalized spacial score (nSPS) is 11.1. The molecule has 0 bridgehead atoms. The molecular formula is C11H23LiO9. The fourth-order valence-corrected chi connectivity index (χ4v) is 1.06. The number of carbonyl (C=O) groups is 1. The van der Waals surface area contributed by atoms with Crippen molar-refractivity contribution in [1.29, 1.82) is 0 Å². The van der Waals surface area contributed by atoms with Crippen molar-refractivity contribution in [1.82, 2.24) is 0 Å².